The molecule has 2 amide bonds. The molecular formula is C31H25N3O7. The summed E-state index contributed by atoms with van der Waals surface area (Å²) < 4.78 is 15.6. The summed E-state index contributed by atoms with van der Waals surface area (Å²) in [6.45, 7) is 4.45. The van der Waals surface area contributed by atoms with E-state index in [0.717, 1.165) is 39.2 Å². The maximum absolute atomic E-state index is 13.9. The molecule has 7 rings (SSSR count). The maximum atomic E-state index is 13.9. The van der Waals surface area contributed by atoms with E-state index in [9.17, 15) is 24.0 Å². The van der Waals surface area contributed by atoms with Crippen molar-refractivity contribution in [3.05, 3.63) is 59.2 Å². The average Bonchev–Trinajstić information content (AvgIpc) is 3.54. The van der Waals surface area contributed by atoms with Crippen LogP contribution in [0.5, 0.6) is 0 Å². The summed E-state index contributed by atoms with van der Waals surface area (Å²) in [5.41, 5.74) is 4.70. The van der Waals surface area contributed by atoms with Gasteiger partial charge in [-0.1, -0.05) is 18.2 Å². The van der Waals surface area contributed by atoms with Crippen molar-refractivity contribution in [2.24, 2.45) is 0 Å². The van der Waals surface area contributed by atoms with Crippen molar-refractivity contribution < 1.29 is 33.4 Å². The smallest absolute Gasteiger partial charge is 0.303 e. The maximum Gasteiger partial charge on any atom is 0.303 e. The van der Waals surface area contributed by atoms with Gasteiger partial charge < -0.3 is 18.6 Å². The molecule has 0 radical (unpaired) electrons. The Morgan fingerprint density at radius 3 is 2.05 bits per heavy atom. The third-order valence-corrected chi connectivity index (χ3v) is 8.20. The molecule has 0 saturated carbocycles. The van der Waals surface area contributed by atoms with E-state index in [1.54, 1.807) is 18.2 Å². The van der Waals surface area contributed by atoms with Crippen LogP contribution in [0, 0.1) is 0 Å². The fourth-order valence-corrected chi connectivity index (χ4v) is 6.72. The first-order chi connectivity index (χ1) is 19.7. The van der Waals surface area contributed by atoms with E-state index in [2.05, 4.69) is 0 Å². The zero-order valence-electron chi connectivity index (χ0n) is 22.6. The van der Waals surface area contributed by atoms with E-state index in [0.29, 0.717) is 27.4 Å². The molecule has 2 atom stereocenters. The van der Waals surface area contributed by atoms with Crippen molar-refractivity contribution in [1.82, 2.24) is 14.0 Å². The quantitative estimate of drug-likeness (QED) is 0.245. The molecule has 3 aromatic carbocycles. The van der Waals surface area contributed by atoms with Crippen molar-refractivity contribution in [3.8, 4) is 0 Å². The predicted octanol–water partition coefficient (Wildman–Crippen LogP) is 4.09. The molecule has 41 heavy (non-hydrogen) atoms. The number of carbonyl (C=O) groups is 5. The lowest BCUT2D eigenvalue weighted by Crippen LogP contribution is -2.41. The zero-order valence-corrected chi connectivity index (χ0v) is 22.6. The minimum atomic E-state index is -0.844. The molecule has 5 aromatic rings. The Morgan fingerprint density at radius 1 is 0.829 bits per heavy atom. The van der Waals surface area contributed by atoms with Gasteiger partial charge in [0.15, 0.2) is 12.2 Å². The number of aromatic nitrogens is 2. The largest absolute Gasteiger partial charge is 0.457 e. The van der Waals surface area contributed by atoms with E-state index in [4.69, 9.17) is 9.47 Å². The van der Waals surface area contributed by atoms with Gasteiger partial charge in [-0.05, 0) is 29.8 Å². The second-order valence-electron chi connectivity index (χ2n) is 10.6. The van der Waals surface area contributed by atoms with Crippen molar-refractivity contribution in [1.29, 1.82) is 0 Å². The van der Waals surface area contributed by atoms with E-state index in [-0.39, 0.29) is 25.5 Å². The van der Waals surface area contributed by atoms with Gasteiger partial charge in [0.25, 0.3) is 5.91 Å². The topological polar surface area (TPSA) is 117 Å². The van der Waals surface area contributed by atoms with Crippen LogP contribution in [-0.2, 0) is 43.5 Å². The number of esters is 2. The summed E-state index contributed by atoms with van der Waals surface area (Å²) in [6.07, 6.45) is -0.907. The molecule has 2 aliphatic heterocycles. The second kappa shape index (κ2) is 8.76. The van der Waals surface area contributed by atoms with Crippen molar-refractivity contribution in [3.63, 3.8) is 0 Å². The van der Waals surface area contributed by atoms with Gasteiger partial charge in [0.05, 0.1) is 36.2 Å². The number of rotatable bonds is 3. The number of benzene rings is 3. The number of ether oxygens (including phenoxy) is 2. The van der Waals surface area contributed by atoms with Crippen LogP contribution < -0.4 is 0 Å². The number of carbonyl (C=O) groups excluding carboxylic acids is 5. The standard InChI is InChI=1S/C31H25N3O7/c1-15(36)32-11-21-26-19-6-4-5-7-22(19)33-12-24(40-16(2)37)25(41-17(3)38)13-34-23-9-8-18(14-35)10-20(23)27(28(21)31(32)39)30(34)29(26)33/h4-10,14,24-25H,11-13H2,1-3H3. The predicted molar refractivity (Wildman–Crippen MR) is 149 cm³/mol. The monoisotopic (exact) mass is 551 g/mol. The molecule has 0 N–H and O–H groups in total. The molecule has 0 aliphatic carbocycles. The first kappa shape index (κ1) is 25.0. The van der Waals surface area contributed by atoms with Crippen molar-refractivity contribution >= 4 is 73.7 Å². The van der Waals surface area contributed by atoms with Crippen LogP contribution >= 0.6 is 0 Å². The molecule has 10 nitrogen and oxygen atoms in total. The van der Waals surface area contributed by atoms with Gasteiger partial charge >= 0.3 is 11.9 Å². The molecule has 0 saturated heterocycles. The summed E-state index contributed by atoms with van der Waals surface area (Å²) >= 11 is 0. The molecule has 0 spiro atoms. The van der Waals surface area contributed by atoms with Gasteiger partial charge in [-0.2, -0.15) is 0 Å². The Balaban J connectivity index is 1.72. The van der Waals surface area contributed by atoms with E-state index in [1.165, 1.54) is 25.7 Å². The Labute approximate surface area is 233 Å². The number of amides is 2. The first-order valence-electron chi connectivity index (χ1n) is 13.3. The molecule has 0 bridgehead atoms. The normalized spacial score (nSPS) is 18.2. The molecule has 4 heterocycles. The summed E-state index contributed by atoms with van der Waals surface area (Å²) in [5.74, 6) is -1.77. The lowest BCUT2D eigenvalue weighted by molar-refractivity contribution is -0.167. The van der Waals surface area contributed by atoms with Crippen LogP contribution in [0.25, 0.3) is 43.6 Å². The van der Waals surface area contributed by atoms with E-state index < -0.39 is 30.1 Å². The molecule has 206 valence electrons. The summed E-state index contributed by atoms with van der Waals surface area (Å²) in [4.78, 5) is 64.1. The fourth-order valence-electron chi connectivity index (χ4n) is 6.72. The summed E-state index contributed by atoms with van der Waals surface area (Å²) in [7, 11) is 0. The van der Waals surface area contributed by atoms with Crippen molar-refractivity contribution in [2.45, 2.75) is 52.6 Å². The first-order valence-corrected chi connectivity index (χ1v) is 13.3. The molecule has 10 heteroatoms. The van der Waals surface area contributed by atoms with Gasteiger partial charge in [-0.25, -0.2) is 0 Å². The van der Waals surface area contributed by atoms with Gasteiger partial charge in [-0.3, -0.25) is 28.9 Å². The van der Waals surface area contributed by atoms with E-state index >= 15 is 0 Å². The van der Waals surface area contributed by atoms with Crippen molar-refractivity contribution in [2.75, 3.05) is 0 Å². The van der Waals surface area contributed by atoms with Crippen LogP contribution in [0.1, 0.15) is 47.1 Å². The molecular weight excluding hydrogens is 526 g/mol. The fraction of sp³-hybridized carbons (Fsp3) is 0.258. The number of hydrogen-bond acceptors (Lipinski definition) is 7. The highest BCUT2D eigenvalue weighted by molar-refractivity contribution is 6.32. The number of nitrogens with zero attached hydrogens (tertiary/aromatic N) is 3. The van der Waals surface area contributed by atoms with Crippen LogP contribution in [0.4, 0.5) is 0 Å². The summed E-state index contributed by atoms with van der Waals surface area (Å²) in [6, 6.07) is 13.0. The number of para-hydroxylation sites is 1. The average molecular weight is 552 g/mol. The van der Waals surface area contributed by atoms with Crippen LogP contribution in [0.15, 0.2) is 42.5 Å². The van der Waals surface area contributed by atoms with E-state index in [1.807, 2.05) is 33.4 Å². The second-order valence-corrected chi connectivity index (χ2v) is 10.6. The highest BCUT2D eigenvalue weighted by atomic mass is 16.6. The molecule has 2 aromatic heterocycles. The molecule has 2 unspecified atom stereocenters. The number of aldehydes is 1. The SMILES string of the molecule is CC(=O)OC1Cn2c3ccccc3c3c4c(c5c6cc(C=O)ccc6n(c5c32)CC1OC(C)=O)C(=O)N(C(C)=O)C4. The third-order valence-electron chi connectivity index (χ3n) is 8.20. The number of imide groups is 1. The Bertz CT molecular complexity index is 2030. The highest BCUT2D eigenvalue weighted by Crippen LogP contribution is 2.47. The van der Waals surface area contributed by atoms with Gasteiger partial charge in [0, 0.05) is 58.9 Å². The Kier molecular flexibility index (Phi) is 5.34. The van der Waals surface area contributed by atoms with Crippen LogP contribution in [-0.4, -0.2) is 56.3 Å². The lowest BCUT2D eigenvalue weighted by atomic mass is 9.96. The number of hydrogen-bond donors (Lipinski definition) is 0. The van der Waals surface area contributed by atoms with Gasteiger partial charge in [0.2, 0.25) is 5.91 Å². The zero-order chi connectivity index (χ0) is 28.7. The van der Waals surface area contributed by atoms with Gasteiger partial charge in [0.1, 0.15) is 6.29 Å². The molecule has 2 aliphatic rings. The van der Waals surface area contributed by atoms with Gasteiger partial charge in [-0.15, -0.1) is 0 Å². The minimum absolute atomic E-state index is 0.118. The van der Waals surface area contributed by atoms with Crippen LogP contribution in [0.3, 0.4) is 0 Å². The van der Waals surface area contributed by atoms with Crippen LogP contribution in [0.2, 0.25) is 0 Å². The lowest BCUT2D eigenvalue weighted by Gasteiger charge is -2.30. The molecule has 0 fully saturated rings. The highest BCUT2D eigenvalue weighted by Gasteiger charge is 2.40. The Morgan fingerprint density at radius 2 is 1.44 bits per heavy atom. The summed E-state index contributed by atoms with van der Waals surface area (Å²) in [5, 5.41) is 3.03. The number of fused-ring (bicyclic) bond motifs is 9. The third kappa shape index (κ3) is 3.46. The Hall–Kier alpha value is -4.99. The minimum Gasteiger partial charge on any atom is -0.457 e.